The van der Waals surface area contributed by atoms with Crippen LogP contribution in [0.5, 0.6) is 5.75 Å². The van der Waals surface area contributed by atoms with E-state index in [1.807, 2.05) is 0 Å². The van der Waals surface area contributed by atoms with Crippen LogP contribution in [0.15, 0.2) is 47.4 Å². The number of carbonyl (C=O) groups is 1. The lowest BCUT2D eigenvalue weighted by Gasteiger charge is -2.35. The number of nitrogens with one attached hydrogen (secondary N) is 2. The van der Waals surface area contributed by atoms with Gasteiger partial charge in [-0.2, -0.15) is 0 Å². The third-order valence-electron chi connectivity index (χ3n) is 5.29. The number of hydrogen-bond donors (Lipinski definition) is 3. The quantitative estimate of drug-likeness (QED) is 0.501. The van der Waals surface area contributed by atoms with Gasteiger partial charge in [0.25, 0.3) is 0 Å². The van der Waals surface area contributed by atoms with E-state index in [0.29, 0.717) is 12.8 Å². The molecule has 1 amide bonds. The highest BCUT2D eigenvalue weighted by Crippen LogP contribution is 2.27. The number of rotatable bonds is 9. The van der Waals surface area contributed by atoms with Crippen molar-refractivity contribution in [2.45, 2.75) is 49.0 Å². The third-order valence-corrected chi connectivity index (χ3v) is 6.82. The number of halogens is 2. The molecule has 8 nitrogen and oxygen atoms in total. The van der Waals surface area contributed by atoms with Crippen LogP contribution in [0, 0.1) is 11.6 Å². The van der Waals surface area contributed by atoms with Crippen LogP contribution in [0.3, 0.4) is 0 Å². The number of aliphatic hydroxyl groups is 1. The minimum Gasteiger partial charge on any atom is -0.495 e. The monoisotopic (exact) mass is 484 g/mol. The number of carbonyl (C=O) groups excluding carboxylic acids is 1. The van der Waals surface area contributed by atoms with Gasteiger partial charge in [-0.05, 0) is 42.7 Å². The first-order chi connectivity index (χ1) is 15.7. The number of methoxy groups -OCH3 is 1. The summed E-state index contributed by atoms with van der Waals surface area (Å²) in [6.07, 6.45) is -0.721. The van der Waals surface area contributed by atoms with Crippen molar-refractivity contribution in [3.63, 3.8) is 0 Å². The van der Waals surface area contributed by atoms with E-state index in [0.717, 1.165) is 18.2 Å². The van der Waals surface area contributed by atoms with Gasteiger partial charge in [0, 0.05) is 12.6 Å². The second kappa shape index (κ2) is 11.0. The summed E-state index contributed by atoms with van der Waals surface area (Å²) in [6.45, 7) is -0.495. The Kier molecular flexibility index (Phi) is 8.35. The number of hydrogen-bond acceptors (Lipinski definition) is 6. The van der Waals surface area contributed by atoms with E-state index in [1.165, 1.54) is 19.2 Å². The molecule has 0 saturated carbocycles. The van der Waals surface area contributed by atoms with Crippen LogP contribution in [0.1, 0.15) is 24.8 Å². The van der Waals surface area contributed by atoms with E-state index in [-0.39, 0.29) is 29.2 Å². The normalized spacial score (nSPS) is 20.9. The van der Waals surface area contributed by atoms with Gasteiger partial charge < -0.3 is 19.9 Å². The summed E-state index contributed by atoms with van der Waals surface area (Å²) in [6, 6.07) is 8.47. The molecule has 1 fully saturated rings. The molecular formula is C22H26F2N2O6S. The fraction of sp³-hybridized carbons (Fsp3) is 0.409. The zero-order chi connectivity index (χ0) is 24.0. The molecule has 1 aliphatic rings. The van der Waals surface area contributed by atoms with Gasteiger partial charge in [0.05, 0.1) is 38.4 Å². The maximum atomic E-state index is 13.3. The minimum atomic E-state index is -3.94. The molecule has 0 bridgehead atoms. The van der Waals surface area contributed by atoms with Gasteiger partial charge in [-0.1, -0.05) is 12.1 Å². The van der Waals surface area contributed by atoms with Crippen molar-refractivity contribution in [1.82, 2.24) is 10.0 Å². The molecule has 0 unspecified atom stereocenters. The maximum Gasteiger partial charge on any atom is 0.244 e. The van der Waals surface area contributed by atoms with E-state index >= 15 is 0 Å². The molecule has 0 aliphatic carbocycles. The summed E-state index contributed by atoms with van der Waals surface area (Å²) in [5.74, 6) is -1.67. The van der Waals surface area contributed by atoms with Crippen LogP contribution in [-0.2, 0) is 26.1 Å². The SMILES string of the molecule is COc1ccccc1S(=O)(=O)N[C@@H]1CC[C@@H](CC(=O)NCc2cc(F)cc(F)c2)O[C@H]1CO. The molecule has 11 heteroatoms. The lowest BCUT2D eigenvalue weighted by molar-refractivity contribution is -0.130. The van der Waals surface area contributed by atoms with E-state index in [2.05, 4.69) is 10.0 Å². The van der Waals surface area contributed by atoms with Crippen molar-refractivity contribution >= 4 is 15.9 Å². The number of para-hydroxylation sites is 1. The molecule has 180 valence electrons. The van der Waals surface area contributed by atoms with Gasteiger partial charge in [0.2, 0.25) is 15.9 Å². The fourth-order valence-corrected chi connectivity index (χ4v) is 5.18. The lowest BCUT2D eigenvalue weighted by Crippen LogP contribution is -2.51. The first kappa shape index (κ1) is 25.0. The first-order valence-corrected chi connectivity index (χ1v) is 11.8. The van der Waals surface area contributed by atoms with Crippen LogP contribution in [0.2, 0.25) is 0 Å². The van der Waals surface area contributed by atoms with E-state index in [4.69, 9.17) is 9.47 Å². The van der Waals surface area contributed by atoms with Gasteiger partial charge in [-0.15, -0.1) is 0 Å². The Labute approximate surface area is 191 Å². The lowest BCUT2D eigenvalue weighted by atomic mass is 9.98. The summed E-state index contributed by atoms with van der Waals surface area (Å²) in [7, 11) is -2.57. The summed E-state index contributed by atoms with van der Waals surface area (Å²) in [4.78, 5) is 12.2. The highest BCUT2D eigenvalue weighted by molar-refractivity contribution is 7.89. The molecule has 3 rings (SSSR count). The Bertz CT molecular complexity index is 1060. The molecule has 3 N–H and O–H groups in total. The van der Waals surface area contributed by atoms with E-state index in [9.17, 15) is 27.1 Å². The Morgan fingerprint density at radius 3 is 2.55 bits per heavy atom. The molecule has 33 heavy (non-hydrogen) atoms. The summed E-state index contributed by atoms with van der Waals surface area (Å²) in [5, 5.41) is 12.3. The Hall–Kier alpha value is -2.60. The Balaban J connectivity index is 1.56. The van der Waals surface area contributed by atoms with Gasteiger partial charge in [-0.3, -0.25) is 4.79 Å². The molecule has 2 aromatic rings. The number of benzene rings is 2. The highest BCUT2D eigenvalue weighted by atomic mass is 32.2. The second-order valence-electron chi connectivity index (χ2n) is 7.69. The second-order valence-corrected chi connectivity index (χ2v) is 9.38. The summed E-state index contributed by atoms with van der Waals surface area (Å²) in [5.41, 5.74) is 0.282. The van der Waals surface area contributed by atoms with Gasteiger partial charge in [-0.25, -0.2) is 21.9 Å². The molecule has 0 aromatic heterocycles. The van der Waals surface area contributed by atoms with Gasteiger partial charge >= 0.3 is 0 Å². The van der Waals surface area contributed by atoms with Crippen LogP contribution in [-0.4, -0.2) is 51.4 Å². The summed E-state index contributed by atoms with van der Waals surface area (Å²) >= 11 is 0. The van der Waals surface area contributed by atoms with Crippen LogP contribution < -0.4 is 14.8 Å². The number of amides is 1. The number of sulfonamides is 1. The van der Waals surface area contributed by atoms with Gasteiger partial charge in [0.15, 0.2) is 0 Å². The smallest absolute Gasteiger partial charge is 0.244 e. The molecule has 1 saturated heterocycles. The third kappa shape index (κ3) is 6.70. The van der Waals surface area contributed by atoms with Crippen LogP contribution >= 0.6 is 0 Å². The predicted molar refractivity (Wildman–Crippen MR) is 115 cm³/mol. The van der Waals surface area contributed by atoms with Crippen molar-refractivity contribution in [2.24, 2.45) is 0 Å². The van der Waals surface area contributed by atoms with E-state index in [1.54, 1.807) is 12.1 Å². The number of ether oxygens (including phenoxy) is 2. The maximum absolute atomic E-state index is 13.3. The molecule has 3 atom stereocenters. The molecular weight excluding hydrogens is 458 g/mol. The van der Waals surface area contributed by atoms with Crippen molar-refractivity contribution in [3.8, 4) is 5.75 Å². The fourth-order valence-electron chi connectivity index (χ4n) is 3.71. The predicted octanol–water partition coefficient (Wildman–Crippen LogP) is 1.87. The molecule has 2 aromatic carbocycles. The molecule has 1 heterocycles. The average molecular weight is 485 g/mol. The van der Waals surface area contributed by atoms with Crippen molar-refractivity contribution in [3.05, 3.63) is 59.7 Å². The molecule has 1 aliphatic heterocycles. The molecule has 0 spiro atoms. The summed E-state index contributed by atoms with van der Waals surface area (Å²) < 4.78 is 65.6. The van der Waals surface area contributed by atoms with E-state index < -0.39 is 52.4 Å². The molecule has 0 radical (unpaired) electrons. The van der Waals surface area contributed by atoms with Crippen molar-refractivity contribution in [2.75, 3.05) is 13.7 Å². The van der Waals surface area contributed by atoms with Crippen LogP contribution in [0.25, 0.3) is 0 Å². The minimum absolute atomic E-state index is 0.0283. The topological polar surface area (TPSA) is 114 Å². The van der Waals surface area contributed by atoms with Crippen molar-refractivity contribution in [1.29, 1.82) is 0 Å². The highest BCUT2D eigenvalue weighted by Gasteiger charge is 2.35. The Morgan fingerprint density at radius 1 is 1.18 bits per heavy atom. The standard InChI is InChI=1S/C22H26F2N2O6S/c1-31-19-4-2-3-5-21(19)33(29,30)26-18-7-6-17(32-20(18)13-27)11-22(28)25-12-14-8-15(23)10-16(24)9-14/h2-5,8-10,17-18,20,26-27H,6-7,11-13H2,1H3,(H,25,28)/t17-,18+,20-/m0/s1. The average Bonchev–Trinajstić information content (AvgIpc) is 2.78. The number of aliphatic hydroxyl groups excluding tert-OH is 1. The Morgan fingerprint density at radius 2 is 1.88 bits per heavy atom. The largest absolute Gasteiger partial charge is 0.495 e. The van der Waals surface area contributed by atoms with Crippen molar-refractivity contribution < 1.29 is 36.6 Å². The zero-order valence-corrected chi connectivity index (χ0v) is 18.8. The van der Waals surface area contributed by atoms with Crippen LogP contribution in [0.4, 0.5) is 8.78 Å². The van der Waals surface area contributed by atoms with Gasteiger partial charge in [0.1, 0.15) is 22.3 Å². The zero-order valence-electron chi connectivity index (χ0n) is 18.0. The first-order valence-electron chi connectivity index (χ1n) is 10.3.